The van der Waals surface area contributed by atoms with E-state index in [0.29, 0.717) is 17.8 Å². The Labute approximate surface area is 181 Å². The van der Waals surface area contributed by atoms with E-state index in [1.54, 1.807) is 19.1 Å². The summed E-state index contributed by atoms with van der Waals surface area (Å²) in [6.45, 7) is -1.05. The number of halogens is 4. The molecule has 1 aromatic heterocycles. The molecule has 3 rings (SSSR count). The van der Waals surface area contributed by atoms with Crippen molar-refractivity contribution >= 4 is 17.5 Å². The van der Waals surface area contributed by atoms with Gasteiger partial charge in [0.05, 0.1) is 24.1 Å². The van der Waals surface area contributed by atoms with E-state index in [2.05, 4.69) is 15.2 Å². The Morgan fingerprint density at radius 3 is 2.55 bits per heavy atom. The fraction of sp³-hybridized carbons (Fsp3) is 0.238. The van der Waals surface area contributed by atoms with Crippen molar-refractivity contribution in [2.45, 2.75) is 20.0 Å². The number of methoxy groups -OCH3 is 1. The molecule has 0 aliphatic rings. The number of rotatable bonds is 8. The molecule has 0 spiro atoms. The predicted octanol–water partition coefficient (Wildman–Crippen LogP) is 4.56. The van der Waals surface area contributed by atoms with Crippen LogP contribution in [0.4, 0.5) is 13.2 Å². The molecule has 0 unspecified atom stereocenters. The first-order chi connectivity index (χ1) is 14.8. The standard InChI is InChI=1S/C21H19ClF3N3O3/c1-12-18(19(22)28(27-12)15-6-4-14(23)5-7-15)20(29)26-10-9-13-3-8-16(31-21(24)25)17(11-13)30-2/h3-8,11,21H,9-10H2,1-2H3,(H,26,29). The minimum Gasteiger partial charge on any atom is -0.493 e. The number of hydrogen-bond acceptors (Lipinski definition) is 4. The monoisotopic (exact) mass is 453 g/mol. The second-order valence-corrected chi connectivity index (χ2v) is 6.87. The first-order valence-corrected chi connectivity index (χ1v) is 9.59. The number of hydrogen-bond donors (Lipinski definition) is 1. The van der Waals surface area contributed by atoms with Crippen molar-refractivity contribution in [1.82, 2.24) is 15.1 Å². The molecule has 10 heteroatoms. The molecule has 3 aromatic rings. The van der Waals surface area contributed by atoms with Gasteiger partial charge >= 0.3 is 6.61 Å². The average molecular weight is 454 g/mol. The summed E-state index contributed by atoms with van der Waals surface area (Å²) in [5, 5.41) is 7.13. The van der Waals surface area contributed by atoms with Gasteiger partial charge in [0, 0.05) is 6.54 Å². The number of ether oxygens (including phenoxy) is 2. The zero-order valence-electron chi connectivity index (χ0n) is 16.7. The molecule has 0 fully saturated rings. The molecule has 1 N–H and O–H groups in total. The number of aryl methyl sites for hydroxylation is 1. The molecule has 0 saturated heterocycles. The molecule has 0 bridgehead atoms. The van der Waals surface area contributed by atoms with Crippen molar-refractivity contribution in [2.24, 2.45) is 0 Å². The van der Waals surface area contributed by atoms with Gasteiger partial charge in [-0.2, -0.15) is 13.9 Å². The smallest absolute Gasteiger partial charge is 0.387 e. The third-order valence-corrected chi connectivity index (χ3v) is 4.79. The van der Waals surface area contributed by atoms with E-state index in [0.717, 1.165) is 5.56 Å². The van der Waals surface area contributed by atoms with Gasteiger partial charge in [-0.25, -0.2) is 9.07 Å². The van der Waals surface area contributed by atoms with Crippen LogP contribution in [0.3, 0.4) is 0 Å². The van der Waals surface area contributed by atoms with Crippen LogP contribution in [0.15, 0.2) is 42.5 Å². The summed E-state index contributed by atoms with van der Waals surface area (Å²) < 4.78 is 48.8. The highest BCUT2D eigenvalue weighted by atomic mass is 35.5. The zero-order valence-corrected chi connectivity index (χ0v) is 17.4. The number of alkyl halides is 2. The lowest BCUT2D eigenvalue weighted by atomic mass is 10.1. The molecule has 0 atom stereocenters. The summed E-state index contributed by atoms with van der Waals surface area (Å²) >= 11 is 6.35. The van der Waals surface area contributed by atoms with Gasteiger partial charge in [-0.05, 0) is 55.3 Å². The highest BCUT2D eigenvalue weighted by Crippen LogP contribution is 2.29. The second kappa shape index (κ2) is 9.74. The molecule has 0 saturated carbocycles. The Morgan fingerprint density at radius 1 is 1.19 bits per heavy atom. The third-order valence-electron chi connectivity index (χ3n) is 4.45. The summed E-state index contributed by atoms with van der Waals surface area (Å²) in [7, 11) is 1.35. The topological polar surface area (TPSA) is 65.4 Å². The van der Waals surface area contributed by atoms with Crippen molar-refractivity contribution in [2.75, 3.05) is 13.7 Å². The number of nitrogens with zero attached hydrogens (tertiary/aromatic N) is 2. The lowest BCUT2D eigenvalue weighted by molar-refractivity contribution is -0.0512. The van der Waals surface area contributed by atoms with Gasteiger partial charge in [-0.15, -0.1) is 0 Å². The van der Waals surface area contributed by atoms with Crippen molar-refractivity contribution in [3.63, 3.8) is 0 Å². The van der Waals surface area contributed by atoms with Gasteiger partial charge in [-0.3, -0.25) is 4.79 Å². The Morgan fingerprint density at radius 2 is 1.90 bits per heavy atom. The normalized spacial score (nSPS) is 10.9. The van der Waals surface area contributed by atoms with Crippen molar-refractivity contribution < 1.29 is 27.4 Å². The number of nitrogens with one attached hydrogen (secondary N) is 1. The molecule has 0 radical (unpaired) electrons. The second-order valence-electron chi connectivity index (χ2n) is 6.51. The molecule has 0 aliphatic heterocycles. The summed E-state index contributed by atoms with van der Waals surface area (Å²) in [5.41, 5.74) is 1.90. The maximum Gasteiger partial charge on any atom is 0.387 e. The first-order valence-electron chi connectivity index (χ1n) is 9.21. The zero-order chi connectivity index (χ0) is 22.5. The molecule has 1 heterocycles. The summed E-state index contributed by atoms with van der Waals surface area (Å²) in [6.07, 6.45) is 0.416. The molecule has 6 nitrogen and oxygen atoms in total. The number of aromatic nitrogens is 2. The van der Waals surface area contributed by atoms with Gasteiger partial charge < -0.3 is 14.8 Å². The Balaban J connectivity index is 1.67. The van der Waals surface area contributed by atoms with Crippen LogP contribution in [0.25, 0.3) is 5.69 Å². The summed E-state index contributed by atoms with van der Waals surface area (Å²) in [6, 6.07) is 10.1. The SMILES string of the molecule is COc1cc(CCNC(=O)c2c(C)nn(-c3ccc(F)cc3)c2Cl)ccc1OC(F)F. The largest absolute Gasteiger partial charge is 0.493 e. The quantitative estimate of drug-likeness (QED) is 0.543. The summed E-state index contributed by atoms with van der Waals surface area (Å²) in [4.78, 5) is 12.6. The lowest BCUT2D eigenvalue weighted by Crippen LogP contribution is -2.26. The van der Waals surface area contributed by atoms with E-state index in [4.69, 9.17) is 16.3 Å². The average Bonchev–Trinajstić information content (AvgIpc) is 3.03. The fourth-order valence-electron chi connectivity index (χ4n) is 2.98. The van der Waals surface area contributed by atoms with E-state index in [1.165, 1.54) is 42.1 Å². The predicted molar refractivity (Wildman–Crippen MR) is 109 cm³/mol. The number of carbonyl (C=O) groups is 1. The first kappa shape index (κ1) is 22.5. The Bertz CT molecular complexity index is 1070. The van der Waals surface area contributed by atoms with Crippen LogP contribution in [-0.2, 0) is 6.42 Å². The van der Waals surface area contributed by atoms with Crippen molar-refractivity contribution in [1.29, 1.82) is 0 Å². The van der Waals surface area contributed by atoms with E-state index in [-0.39, 0.29) is 28.8 Å². The molecule has 1 amide bonds. The molecule has 2 aromatic carbocycles. The number of amides is 1. The summed E-state index contributed by atoms with van der Waals surface area (Å²) in [5.74, 6) is -0.711. The van der Waals surface area contributed by atoms with Crippen LogP contribution < -0.4 is 14.8 Å². The minimum absolute atomic E-state index is 0.0686. The molecule has 0 aliphatic carbocycles. The highest BCUT2D eigenvalue weighted by molar-refractivity contribution is 6.33. The number of carbonyl (C=O) groups excluding carboxylic acids is 1. The van der Waals surface area contributed by atoms with Crippen LogP contribution in [-0.4, -0.2) is 36.0 Å². The molecule has 164 valence electrons. The Hall–Kier alpha value is -3.20. The molecular formula is C21H19ClF3N3O3. The van der Waals surface area contributed by atoms with Crippen molar-refractivity contribution in [3.8, 4) is 17.2 Å². The van der Waals surface area contributed by atoms with Crippen molar-refractivity contribution in [3.05, 3.63) is 70.3 Å². The highest BCUT2D eigenvalue weighted by Gasteiger charge is 2.21. The van der Waals surface area contributed by atoms with Crippen LogP contribution in [0.2, 0.25) is 5.15 Å². The van der Waals surface area contributed by atoms with Crippen LogP contribution in [0, 0.1) is 12.7 Å². The van der Waals surface area contributed by atoms with E-state index in [1.807, 2.05) is 0 Å². The van der Waals surface area contributed by atoms with Gasteiger partial charge in [0.2, 0.25) is 0 Å². The van der Waals surface area contributed by atoms with E-state index >= 15 is 0 Å². The van der Waals surface area contributed by atoms with Crippen LogP contribution >= 0.6 is 11.6 Å². The number of benzene rings is 2. The lowest BCUT2D eigenvalue weighted by Gasteiger charge is -2.11. The van der Waals surface area contributed by atoms with E-state index < -0.39 is 18.3 Å². The van der Waals surface area contributed by atoms with Gasteiger partial charge in [-0.1, -0.05) is 17.7 Å². The fourth-order valence-corrected chi connectivity index (χ4v) is 3.34. The Kier molecular flexibility index (Phi) is 7.06. The van der Waals surface area contributed by atoms with E-state index in [9.17, 15) is 18.0 Å². The van der Waals surface area contributed by atoms with Gasteiger partial charge in [0.15, 0.2) is 11.5 Å². The minimum atomic E-state index is -2.96. The van der Waals surface area contributed by atoms with Crippen LogP contribution in [0.5, 0.6) is 11.5 Å². The van der Waals surface area contributed by atoms with Gasteiger partial charge in [0.25, 0.3) is 5.91 Å². The maximum absolute atomic E-state index is 13.1. The van der Waals surface area contributed by atoms with Gasteiger partial charge in [0.1, 0.15) is 11.0 Å². The third kappa shape index (κ3) is 5.29. The molecular weight excluding hydrogens is 435 g/mol. The van der Waals surface area contributed by atoms with Crippen LogP contribution in [0.1, 0.15) is 21.6 Å². The molecule has 31 heavy (non-hydrogen) atoms. The maximum atomic E-state index is 13.1.